The van der Waals surface area contributed by atoms with Crippen molar-refractivity contribution in [2.45, 2.75) is 11.8 Å². The summed E-state index contributed by atoms with van der Waals surface area (Å²) in [6.07, 6.45) is 0.343. The van der Waals surface area contributed by atoms with Crippen LogP contribution in [0.2, 0.25) is 10.0 Å². The first-order valence-corrected chi connectivity index (χ1v) is 8.15. The van der Waals surface area contributed by atoms with E-state index in [1.807, 2.05) is 18.2 Å². The molecule has 3 rings (SSSR count). The molecule has 6 heteroatoms. The van der Waals surface area contributed by atoms with Crippen LogP contribution < -0.4 is 5.32 Å². The molecule has 0 saturated carbocycles. The van der Waals surface area contributed by atoms with Crippen LogP contribution >= 0.6 is 50.7 Å². The number of rotatable bonds is 2. The van der Waals surface area contributed by atoms with E-state index in [-0.39, 0.29) is 5.91 Å². The molecular formula is C15H9BrCl3NO. The molecule has 0 bridgehead atoms. The third-order valence-corrected chi connectivity index (χ3v) is 4.99. The Morgan fingerprint density at radius 2 is 1.81 bits per heavy atom. The van der Waals surface area contributed by atoms with Gasteiger partial charge in [-0.05, 0) is 47.0 Å². The largest absolute Gasteiger partial charge is 0.325 e. The number of anilines is 1. The smallest absolute Gasteiger partial charge is 0.228 e. The van der Waals surface area contributed by atoms with Crippen LogP contribution in [-0.4, -0.2) is 5.91 Å². The summed E-state index contributed by atoms with van der Waals surface area (Å²) >= 11 is 22.5. The minimum atomic E-state index is -0.483. The lowest BCUT2D eigenvalue weighted by Crippen LogP contribution is -2.03. The SMILES string of the molecule is O=C1Cc2cc(C(Cl)c3cc(Br)ccc3Cl)c(Cl)cc2N1. The number of alkyl halides is 1. The Hall–Kier alpha value is -0.740. The molecule has 0 aliphatic carbocycles. The lowest BCUT2D eigenvalue weighted by molar-refractivity contribution is -0.115. The first kappa shape index (κ1) is 15.2. The fraction of sp³-hybridized carbons (Fsp3) is 0.133. The Kier molecular flexibility index (Phi) is 4.19. The molecule has 21 heavy (non-hydrogen) atoms. The molecule has 1 aliphatic heterocycles. The molecule has 1 amide bonds. The van der Waals surface area contributed by atoms with Crippen molar-refractivity contribution in [3.8, 4) is 0 Å². The van der Waals surface area contributed by atoms with Gasteiger partial charge in [0.1, 0.15) is 0 Å². The zero-order chi connectivity index (χ0) is 15.1. The van der Waals surface area contributed by atoms with Gasteiger partial charge >= 0.3 is 0 Å². The summed E-state index contributed by atoms with van der Waals surface area (Å²) in [7, 11) is 0. The number of carbonyl (C=O) groups excluding carboxylic acids is 1. The van der Waals surface area contributed by atoms with Crippen molar-refractivity contribution in [1.29, 1.82) is 0 Å². The van der Waals surface area contributed by atoms with E-state index in [0.717, 1.165) is 26.9 Å². The van der Waals surface area contributed by atoms with Gasteiger partial charge in [-0.2, -0.15) is 0 Å². The molecular weight excluding hydrogens is 396 g/mol. The van der Waals surface area contributed by atoms with E-state index in [0.29, 0.717) is 16.5 Å². The molecule has 1 unspecified atom stereocenters. The predicted octanol–water partition coefficient (Wildman–Crippen LogP) is 5.58. The van der Waals surface area contributed by atoms with Crippen molar-refractivity contribution in [1.82, 2.24) is 0 Å². The van der Waals surface area contributed by atoms with E-state index in [4.69, 9.17) is 34.8 Å². The van der Waals surface area contributed by atoms with Gasteiger partial charge in [0.05, 0.1) is 11.8 Å². The molecule has 1 N–H and O–H groups in total. The third-order valence-electron chi connectivity index (χ3n) is 3.35. The molecule has 108 valence electrons. The van der Waals surface area contributed by atoms with Gasteiger partial charge in [0, 0.05) is 20.2 Å². The van der Waals surface area contributed by atoms with E-state index in [1.165, 1.54) is 0 Å². The molecule has 1 heterocycles. The van der Waals surface area contributed by atoms with Gasteiger partial charge in [-0.1, -0.05) is 39.1 Å². The van der Waals surface area contributed by atoms with Crippen LogP contribution in [0.5, 0.6) is 0 Å². The van der Waals surface area contributed by atoms with Crippen molar-refractivity contribution in [3.63, 3.8) is 0 Å². The highest BCUT2D eigenvalue weighted by Crippen LogP contribution is 2.41. The Labute approximate surface area is 145 Å². The average Bonchev–Trinajstić information content (AvgIpc) is 2.79. The van der Waals surface area contributed by atoms with E-state index in [9.17, 15) is 4.79 Å². The number of carbonyl (C=O) groups is 1. The number of hydrogen-bond acceptors (Lipinski definition) is 1. The summed E-state index contributed by atoms with van der Waals surface area (Å²) in [5, 5.41) is 3.36. The average molecular weight is 406 g/mol. The zero-order valence-corrected chi connectivity index (χ0v) is 14.4. The van der Waals surface area contributed by atoms with Crippen LogP contribution in [0, 0.1) is 0 Å². The van der Waals surface area contributed by atoms with E-state index >= 15 is 0 Å². The second-order valence-electron chi connectivity index (χ2n) is 4.78. The fourth-order valence-corrected chi connectivity index (χ4v) is 3.69. The van der Waals surface area contributed by atoms with Crippen molar-refractivity contribution in [3.05, 3.63) is 61.5 Å². The van der Waals surface area contributed by atoms with Crippen molar-refractivity contribution >= 4 is 62.3 Å². The highest BCUT2D eigenvalue weighted by Gasteiger charge is 2.24. The topological polar surface area (TPSA) is 29.1 Å². The number of halogens is 4. The van der Waals surface area contributed by atoms with Gasteiger partial charge in [-0.25, -0.2) is 0 Å². The molecule has 1 atom stereocenters. The molecule has 0 radical (unpaired) electrons. The standard InChI is InChI=1S/C15H9BrCl3NO/c16-8-1-2-11(17)10(5-8)15(19)9-3-7-4-14(21)20-13(7)6-12(9)18/h1-3,5-6,15H,4H2,(H,20,21). The highest BCUT2D eigenvalue weighted by atomic mass is 79.9. The molecule has 2 aromatic rings. The van der Waals surface area contributed by atoms with Crippen molar-refractivity contribution in [2.75, 3.05) is 5.32 Å². The maximum Gasteiger partial charge on any atom is 0.228 e. The summed E-state index contributed by atoms with van der Waals surface area (Å²) < 4.78 is 0.890. The molecule has 2 nitrogen and oxygen atoms in total. The van der Waals surface area contributed by atoms with Crippen molar-refractivity contribution < 1.29 is 4.79 Å². The molecule has 0 fully saturated rings. The van der Waals surface area contributed by atoms with Crippen LogP contribution in [0.3, 0.4) is 0 Å². The maximum atomic E-state index is 11.4. The first-order valence-electron chi connectivity index (χ1n) is 6.17. The van der Waals surface area contributed by atoms with E-state index < -0.39 is 5.38 Å². The predicted molar refractivity (Wildman–Crippen MR) is 90.6 cm³/mol. The third kappa shape index (κ3) is 2.93. The van der Waals surface area contributed by atoms with Gasteiger partial charge in [-0.15, -0.1) is 11.6 Å². The summed E-state index contributed by atoms with van der Waals surface area (Å²) in [6.45, 7) is 0. The minimum Gasteiger partial charge on any atom is -0.325 e. The summed E-state index contributed by atoms with van der Waals surface area (Å²) in [5.74, 6) is -0.0372. The fourth-order valence-electron chi connectivity index (χ4n) is 2.34. The number of amides is 1. The van der Waals surface area contributed by atoms with Gasteiger partial charge in [0.25, 0.3) is 0 Å². The van der Waals surface area contributed by atoms with Gasteiger partial charge in [-0.3, -0.25) is 4.79 Å². The Morgan fingerprint density at radius 1 is 1.10 bits per heavy atom. The monoisotopic (exact) mass is 403 g/mol. The van der Waals surface area contributed by atoms with Gasteiger partial charge in [0.15, 0.2) is 0 Å². The molecule has 0 aromatic heterocycles. The lowest BCUT2D eigenvalue weighted by atomic mass is 10.0. The quantitative estimate of drug-likeness (QED) is 0.650. The number of hydrogen-bond donors (Lipinski definition) is 1. The Morgan fingerprint density at radius 3 is 2.57 bits per heavy atom. The van der Waals surface area contributed by atoms with E-state index in [1.54, 1.807) is 12.1 Å². The summed E-state index contributed by atoms with van der Waals surface area (Å²) in [5.41, 5.74) is 3.16. The summed E-state index contributed by atoms with van der Waals surface area (Å²) in [6, 6.07) is 9.10. The number of nitrogens with one attached hydrogen (secondary N) is 1. The normalized spacial score (nSPS) is 14.8. The van der Waals surface area contributed by atoms with Crippen LogP contribution in [-0.2, 0) is 11.2 Å². The molecule has 1 aliphatic rings. The molecule has 2 aromatic carbocycles. The van der Waals surface area contributed by atoms with Crippen LogP contribution in [0.4, 0.5) is 5.69 Å². The lowest BCUT2D eigenvalue weighted by Gasteiger charge is -2.15. The van der Waals surface area contributed by atoms with E-state index in [2.05, 4.69) is 21.2 Å². The Balaban J connectivity index is 2.06. The second-order valence-corrected chi connectivity index (χ2v) is 6.95. The summed E-state index contributed by atoms with van der Waals surface area (Å²) in [4.78, 5) is 11.4. The Bertz CT molecular complexity index is 748. The van der Waals surface area contributed by atoms with Crippen LogP contribution in [0.25, 0.3) is 0 Å². The maximum absolute atomic E-state index is 11.4. The first-order chi connectivity index (χ1) is 9.95. The second kappa shape index (κ2) is 5.81. The highest BCUT2D eigenvalue weighted by molar-refractivity contribution is 9.10. The number of fused-ring (bicyclic) bond motifs is 1. The molecule has 0 saturated heterocycles. The number of benzene rings is 2. The van der Waals surface area contributed by atoms with Crippen LogP contribution in [0.15, 0.2) is 34.8 Å². The van der Waals surface area contributed by atoms with Crippen molar-refractivity contribution in [2.24, 2.45) is 0 Å². The van der Waals surface area contributed by atoms with Crippen LogP contribution in [0.1, 0.15) is 22.1 Å². The zero-order valence-electron chi connectivity index (χ0n) is 10.6. The molecule has 0 spiro atoms. The van der Waals surface area contributed by atoms with Gasteiger partial charge in [0.2, 0.25) is 5.91 Å². The van der Waals surface area contributed by atoms with Gasteiger partial charge < -0.3 is 5.32 Å². The minimum absolute atomic E-state index is 0.0372.